The summed E-state index contributed by atoms with van der Waals surface area (Å²) < 4.78 is 0. The Morgan fingerprint density at radius 2 is 1.89 bits per heavy atom. The molecule has 91 valence electrons. The van der Waals surface area contributed by atoms with Gasteiger partial charge < -0.3 is 11.1 Å². The molecule has 0 bridgehead atoms. The lowest BCUT2D eigenvalue weighted by Crippen LogP contribution is -2.37. The predicted octanol–water partition coefficient (Wildman–Crippen LogP) is 2.00. The molecule has 3 N–H and O–H groups in total. The van der Waals surface area contributed by atoms with E-state index >= 15 is 0 Å². The second-order valence-electron chi connectivity index (χ2n) is 4.06. The van der Waals surface area contributed by atoms with Crippen LogP contribution in [0, 0.1) is 6.07 Å². The van der Waals surface area contributed by atoms with Crippen LogP contribution in [-0.2, 0) is 11.2 Å². The summed E-state index contributed by atoms with van der Waals surface area (Å²) in [6.07, 6.45) is 0.527. The Morgan fingerprint density at radius 3 is 2.56 bits per heavy atom. The van der Waals surface area contributed by atoms with Gasteiger partial charge in [-0.2, -0.15) is 0 Å². The molecule has 1 unspecified atom stereocenters. The van der Waals surface area contributed by atoms with Gasteiger partial charge in [0.15, 0.2) is 0 Å². The highest BCUT2D eigenvalue weighted by Gasteiger charge is 2.13. The fourth-order valence-electron chi connectivity index (χ4n) is 1.66. The van der Waals surface area contributed by atoms with E-state index in [-0.39, 0.29) is 5.91 Å². The molecule has 1 radical (unpaired) electrons. The molecule has 2 aromatic rings. The zero-order valence-corrected chi connectivity index (χ0v) is 9.97. The smallest absolute Gasteiger partial charge is 0.241 e. The van der Waals surface area contributed by atoms with E-state index in [0.717, 1.165) is 5.56 Å². The highest BCUT2D eigenvalue weighted by molar-refractivity contribution is 5.94. The Hall–Kier alpha value is -2.13. The molecule has 0 aliphatic carbocycles. The lowest BCUT2D eigenvalue weighted by Gasteiger charge is -2.12. The van der Waals surface area contributed by atoms with Crippen molar-refractivity contribution >= 4 is 11.6 Å². The van der Waals surface area contributed by atoms with Gasteiger partial charge in [0.05, 0.1) is 6.04 Å². The van der Waals surface area contributed by atoms with E-state index in [1.807, 2.05) is 42.5 Å². The van der Waals surface area contributed by atoms with Crippen molar-refractivity contribution in [3.63, 3.8) is 0 Å². The van der Waals surface area contributed by atoms with Gasteiger partial charge in [0.2, 0.25) is 5.91 Å². The summed E-state index contributed by atoms with van der Waals surface area (Å²) >= 11 is 0. The molecule has 2 aromatic carbocycles. The molecule has 0 spiro atoms. The lowest BCUT2D eigenvalue weighted by atomic mass is 10.1. The molecule has 0 heterocycles. The van der Waals surface area contributed by atoms with Gasteiger partial charge in [-0.25, -0.2) is 0 Å². The third-order valence-corrected chi connectivity index (χ3v) is 2.60. The van der Waals surface area contributed by atoms with E-state index < -0.39 is 6.04 Å². The van der Waals surface area contributed by atoms with Gasteiger partial charge in [0, 0.05) is 11.8 Å². The standard InChI is InChI=1S/C15H15N2O/c16-14(11-12-7-3-1-4-8-12)15(18)17-13-9-5-2-6-10-13/h1-9,14H,11,16H2,(H,17,18). The van der Waals surface area contributed by atoms with Crippen LogP contribution in [0.2, 0.25) is 0 Å². The van der Waals surface area contributed by atoms with Gasteiger partial charge >= 0.3 is 0 Å². The molecule has 0 aliphatic rings. The maximum atomic E-state index is 11.9. The Bertz CT molecular complexity index is 496. The second-order valence-corrected chi connectivity index (χ2v) is 4.06. The first-order valence-electron chi connectivity index (χ1n) is 5.83. The van der Waals surface area contributed by atoms with Crippen LogP contribution in [-0.4, -0.2) is 11.9 Å². The van der Waals surface area contributed by atoms with Gasteiger partial charge in [-0.3, -0.25) is 4.79 Å². The molecule has 1 amide bonds. The summed E-state index contributed by atoms with van der Waals surface area (Å²) in [7, 11) is 0. The summed E-state index contributed by atoms with van der Waals surface area (Å²) in [5.74, 6) is -0.193. The predicted molar refractivity (Wildman–Crippen MR) is 72.0 cm³/mol. The van der Waals surface area contributed by atoms with E-state index in [1.54, 1.807) is 12.1 Å². The summed E-state index contributed by atoms with van der Waals surface area (Å²) in [5.41, 5.74) is 7.57. The second kappa shape index (κ2) is 5.98. The fraction of sp³-hybridized carbons (Fsp3) is 0.133. The third kappa shape index (κ3) is 3.43. The Kier molecular flexibility index (Phi) is 4.10. The monoisotopic (exact) mass is 239 g/mol. The first kappa shape index (κ1) is 12.3. The zero-order chi connectivity index (χ0) is 12.8. The number of anilines is 1. The molecule has 0 aromatic heterocycles. The number of carbonyl (C=O) groups is 1. The van der Waals surface area contributed by atoms with Gasteiger partial charge in [-0.05, 0) is 18.1 Å². The van der Waals surface area contributed by atoms with Crippen molar-refractivity contribution in [2.24, 2.45) is 5.73 Å². The normalized spacial score (nSPS) is 11.8. The molecule has 1 atom stereocenters. The van der Waals surface area contributed by atoms with Crippen LogP contribution in [0.3, 0.4) is 0 Å². The van der Waals surface area contributed by atoms with Crippen molar-refractivity contribution in [3.05, 3.63) is 66.2 Å². The number of hydrogen-bond donors (Lipinski definition) is 2. The Morgan fingerprint density at radius 1 is 1.17 bits per heavy atom. The van der Waals surface area contributed by atoms with Crippen molar-refractivity contribution in [1.82, 2.24) is 0 Å². The number of carbonyl (C=O) groups excluding carboxylic acids is 1. The summed E-state index contributed by atoms with van der Waals surface area (Å²) in [6.45, 7) is 0. The van der Waals surface area contributed by atoms with Crippen LogP contribution in [0.4, 0.5) is 5.69 Å². The number of nitrogens with one attached hydrogen (secondary N) is 1. The Labute approximate surface area is 107 Å². The van der Waals surface area contributed by atoms with Crippen LogP contribution in [0.15, 0.2) is 54.6 Å². The van der Waals surface area contributed by atoms with Crippen molar-refractivity contribution < 1.29 is 4.79 Å². The SMILES string of the molecule is NC(Cc1ccccc1)C(=O)Nc1[c]cccc1. The van der Waals surface area contributed by atoms with E-state index in [9.17, 15) is 4.79 Å². The van der Waals surface area contributed by atoms with Gasteiger partial charge in [0.25, 0.3) is 0 Å². The van der Waals surface area contributed by atoms with Crippen LogP contribution in [0.1, 0.15) is 5.56 Å². The molecule has 0 saturated heterocycles. The average molecular weight is 239 g/mol. The number of amides is 1. The molecule has 0 aliphatic heterocycles. The number of nitrogens with two attached hydrogens (primary N) is 1. The molecular weight excluding hydrogens is 224 g/mol. The van der Waals surface area contributed by atoms with E-state index in [1.165, 1.54) is 0 Å². The number of rotatable bonds is 4. The molecule has 2 rings (SSSR count). The maximum absolute atomic E-state index is 11.9. The van der Waals surface area contributed by atoms with E-state index in [0.29, 0.717) is 12.1 Å². The minimum atomic E-state index is -0.555. The minimum Gasteiger partial charge on any atom is -0.324 e. The first-order valence-corrected chi connectivity index (χ1v) is 5.83. The average Bonchev–Trinajstić information content (AvgIpc) is 2.41. The van der Waals surface area contributed by atoms with Crippen LogP contribution in [0.5, 0.6) is 0 Å². The number of hydrogen-bond acceptors (Lipinski definition) is 2. The highest BCUT2D eigenvalue weighted by atomic mass is 16.2. The summed E-state index contributed by atoms with van der Waals surface area (Å²) in [6, 6.07) is 19.3. The van der Waals surface area contributed by atoms with Gasteiger partial charge in [-0.1, -0.05) is 48.5 Å². The molecule has 3 nitrogen and oxygen atoms in total. The van der Waals surface area contributed by atoms with E-state index in [2.05, 4.69) is 11.4 Å². The quantitative estimate of drug-likeness (QED) is 0.857. The molecule has 0 saturated carbocycles. The number of para-hydroxylation sites is 1. The molecule has 0 fully saturated rings. The maximum Gasteiger partial charge on any atom is 0.241 e. The third-order valence-electron chi connectivity index (χ3n) is 2.60. The Balaban J connectivity index is 1.93. The molecule has 3 heteroatoms. The zero-order valence-electron chi connectivity index (χ0n) is 9.97. The highest BCUT2D eigenvalue weighted by Crippen LogP contribution is 2.06. The van der Waals surface area contributed by atoms with Crippen molar-refractivity contribution in [3.8, 4) is 0 Å². The topological polar surface area (TPSA) is 55.1 Å². The van der Waals surface area contributed by atoms with Crippen LogP contribution >= 0.6 is 0 Å². The van der Waals surface area contributed by atoms with Gasteiger partial charge in [0.1, 0.15) is 0 Å². The summed E-state index contributed by atoms with van der Waals surface area (Å²) in [4.78, 5) is 11.9. The number of benzene rings is 2. The summed E-state index contributed by atoms with van der Waals surface area (Å²) in [5, 5.41) is 2.74. The lowest BCUT2D eigenvalue weighted by molar-refractivity contribution is -0.117. The van der Waals surface area contributed by atoms with E-state index in [4.69, 9.17) is 5.73 Å². The largest absolute Gasteiger partial charge is 0.324 e. The van der Waals surface area contributed by atoms with Crippen LogP contribution < -0.4 is 11.1 Å². The van der Waals surface area contributed by atoms with Crippen molar-refractivity contribution in [1.29, 1.82) is 0 Å². The molecule has 18 heavy (non-hydrogen) atoms. The molecular formula is C15H15N2O. The first-order chi connectivity index (χ1) is 8.75. The fourth-order valence-corrected chi connectivity index (χ4v) is 1.66. The van der Waals surface area contributed by atoms with Crippen LogP contribution in [0.25, 0.3) is 0 Å². The van der Waals surface area contributed by atoms with Crippen molar-refractivity contribution in [2.45, 2.75) is 12.5 Å². The van der Waals surface area contributed by atoms with Crippen molar-refractivity contribution in [2.75, 3.05) is 5.32 Å². The minimum absolute atomic E-state index is 0.193. The van der Waals surface area contributed by atoms with Gasteiger partial charge in [-0.15, -0.1) is 0 Å².